The molecule has 1 fully saturated rings. The van der Waals surface area contributed by atoms with Gasteiger partial charge < -0.3 is 0 Å². The molecule has 0 aliphatic carbocycles. The number of alkyl halides is 3. The fourth-order valence-electron chi connectivity index (χ4n) is 1.88. The van der Waals surface area contributed by atoms with E-state index in [9.17, 15) is 21.6 Å². The molecule has 0 aromatic heterocycles. The predicted molar refractivity (Wildman–Crippen MR) is 63.9 cm³/mol. The van der Waals surface area contributed by atoms with Crippen LogP contribution < -0.4 is 0 Å². The van der Waals surface area contributed by atoms with Gasteiger partial charge in [0.05, 0.1) is 18.2 Å². The van der Waals surface area contributed by atoms with Gasteiger partial charge in [-0.15, -0.1) is 0 Å². The lowest BCUT2D eigenvalue weighted by atomic mass is 9.99. The predicted octanol–water partition coefficient (Wildman–Crippen LogP) is 2.39. The quantitative estimate of drug-likeness (QED) is 0.800. The molecule has 1 unspecified atom stereocenters. The first kappa shape index (κ1) is 15.6. The summed E-state index contributed by atoms with van der Waals surface area (Å²) in [7, 11) is -4.00. The molecular weight excluding hydrogens is 287 g/mol. The zero-order valence-corrected chi connectivity index (χ0v) is 11.2. The first-order chi connectivity index (χ1) is 8.26. The van der Waals surface area contributed by atoms with Gasteiger partial charge in [-0.25, -0.2) is 8.42 Å². The molecule has 0 N–H and O–H groups in total. The molecule has 3 nitrogen and oxygen atoms in total. The second-order valence-electron chi connectivity index (χ2n) is 4.23. The monoisotopic (exact) mass is 301 g/mol. The van der Waals surface area contributed by atoms with Crippen LogP contribution in [0.25, 0.3) is 0 Å². The summed E-state index contributed by atoms with van der Waals surface area (Å²) in [4.78, 5) is 0. The second-order valence-corrected chi connectivity index (χ2v) is 7.70. The summed E-state index contributed by atoms with van der Waals surface area (Å²) in [5.41, 5.74) is 0. The van der Waals surface area contributed by atoms with Gasteiger partial charge in [0.15, 0.2) is 15.1 Å². The number of rotatable bonds is 4. The smallest absolute Gasteiger partial charge is 0.227 e. The third-order valence-electron chi connectivity index (χ3n) is 2.88. The molecule has 1 aliphatic heterocycles. The highest BCUT2D eigenvalue weighted by Gasteiger charge is 2.37. The van der Waals surface area contributed by atoms with Gasteiger partial charge in [-0.2, -0.15) is 30.2 Å². The number of hydrogen-bond donors (Lipinski definition) is 0. The first-order valence-corrected chi connectivity index (χ1v) is 8.39. The van der Waals surface area contributed by atoms with Crippen molar-refractivity contribution in [3.05, 3.63) is 0 Å². The average molecular weight is 301 g/mol. The Morgan fingerprint density at radius 2 is 1.89 bits per heavy atom. The Labute approximate surface area is 109 Å². The van der Waals surface area contributed by atoms with Crippen LogP contribution in [0.5, 0.6) is 0 Å². The molecule has 0 aromatic carbocycles. The highest BCUT2D eigenvalue weighted by molar-refractivity contribution is 7.99. The molecule has 1 heterocycles. The third-order valence-corrected chi connectivity index (χ3v) is 5.96. The Bertz CT molecular complexity index is 408. The topological polar surface area (TPSA) is 57.9 Å². The molecule has 1 atom stereocenters. The first-order valence-electron chi connectivity index (χ1n) is 5.52. The Hall–Kier alpha value is -0.420. The lowest BCUT2D eigenvalue weighted by molar-refractivity contribution is -0.129. The van der Waals surface area contributed by atoms with Crippen LogP contribution in [0.1, 0.15) is 19.3 Å². The molecule has 1 rings (SSSR count). The Kier molecular flexibility index (Phi) is 5.34. The largest absolute Gasteiger partial charge is 0.390 e. The summed E-state index contributed by atoms with van der Waals surface area (Å²) in [5.74, 6) is 0.211. The van der Waals surface area contributed by atoms with E-state index < -0.39 is 33.4 Å². The summed E-state index contributed by atoms with van der Waals surface area (Å²) < 4.78 is 59.7. The molecule has 18 heavy (non-hydrogen) atoms. The van der Waals surface area contributed by atoms with Crippen LogP contribution in [0, 0.1) is 17.2 Å². The Morgan fingerprint density at radius 3 is 2.33 bits per heavy atom. The van der Waals surface area contributed by atoms with E-state index >= 15 is 0 Å². The van der Waals surface area contributed by atoms with Crippen LogP contribution in [0.2, 0.25) is 0 Å². The fraction of sp³-hybridized carbons (Fsp3) is 0.900. The molecule has 0 bridgehead atoms. The van der Waals surface area contributed by atoms with E-state index in [-0.39, 0.29) is 5.92 Å². The molecular formula is C10H14F3NO2S2. The fourth-order valence-corrected chi connectivity index (χ4v) is 4.81. The molecule has 0 amide bonds. The van der Waals surface area contributed by atoms with E-state index in [0.29, 0.717) is 12.8 Å². The molecule has 1 aliphatic rings. The summed E-state index contributed by atoms with van der Waals surface area (Å²) >= 11 is 1.67. The lowest BCUT2D eigenvalue weighted by Crippen LogP contribution is -2.34. The highest BCUT2D eigenvalue weighted by atomic mass is 32.2. The minimum Gasteiger partial charge on any atom is -0.227 e. The summed E-state index contributed by atoms with van der Waals surface area (Å²) in [6, 6.07) is 1.68. The van der Waals surface area contributed by atoms with Crippen LogP contribution >= 0.6 is 11.8 Å². The van der Waals surface area contributed by atoms with Gasteiger partial charge in [-0.3, -0.25) is 0 Å². The molecule has 0 aromatic rings. The van der Waals surface area contributed by atoms with E-state index in [0.717, 1.165) is 11.5 Å². The number of nitriles is 1. The maximum absolute atomic E-state index is 12.0. The van der Waals surface area contributed by atoms with Crippen molar-refractivity contribution in [2.45, 2.75) is 30.7 Å². The maximum atomic E-state index is 12.0. The third kappa shape index (κ3) is 4.69. The van der Waals surface area contributed by atoms with Gasteiger partial charge in [0, 0.05) is 0 Å². The maximum Gasteiger partial charge on any atom is 0.390 e. The summed E-state index contributed by atoms with van der Waals surface area (Å²) in [6.07, 6.45) is -4.73. The van der Waals surface area contributed by atoms with Crippen molar-refractivity contribution < 1.29 is 21.6 Å². The van der Waals surface area contributed by atoms with Crippen molar-refractivity contribution in [1.82, 2.24) is 0 Å². The Morgan fingerprint density at radius 1 is 1.33 bits per heavy atom. The van der Waals surface area contributed by atoms with E-state index in [1.54, 1.807) is 17.8 Å². The number of hydrogen-bond acceptors (Lipinski definition) is 4. The van der Waals surface area contributed by atoms with Crippen LogP contribution in [-0.2, 0) is 9.84 Å². The van der Waals surface area contributed by atoms with Gasteiger partial charge in [-0.05, 0) is 30.3 Å². The lowest BCUT2D eigenvalue weighted by Gasteiger charge is -2.25. The molecule has 8 heteroatoms. The zero-order chi connectivity index (χ0) is 13.8. The van der Waals surface area contributed by atoms with E-state index in [1.165, 1.54) is 0 Å². The summed E-state index contributed by atoms with van der Waals surface area (Å²) in [6.45, 7) is 0. The standard InChI is InChI=1S/C10H14F3NO2S2/c11-10(12,13)3-6-18(15,16)9(7-14)8-1-4-17-5-2-8/h8-9H,1-6H2. The molecule has 104 valence electrons. The molecule has 1 saturated heterocycles. The van der Waals surface area contributed by atoms with Crippen molar-refractivity contribution in [2.24, 2.45) is 5.92 Å². The molecule has 0 spiro atoms. The van der Waals surface area contributed by atoms with Crippen molar-refractivity contribution in [3.8, 4) is 6.07 Å². The molecule has 0 radical (unpaired) electrons. The zero-order valence-electron chi connectivity index (χ0n) is 9.61. The average Bonchev–Trinajstić information content (AvgIpc) is 2.28. The van der Waals surface area contributed by atoms with Crippen LogP contribution in [-0.4, -0.2) is 37.1 Å². The van der Waals surface area contributed by atoms with Crippen molar-refractivity contribution in [1.29, 1.82) is 5.26 Å². The molecule has 0 saturated carbocycles. The van der Waals surface area contributed by atoms with Crippen molar-refractivity contribution >= 4 is 21.6 Å². The normalized spacial score (nSPS) is 20.3. The minimum atomic E-state index is -4.50. The number of halogens is 3. The second kappa shape index (κ2) is 6.15. The highest BCUT2D eigenvalue weighted by Crippen LogP contribution is 2.30. The van der Waals surface area contributed by atoms with E-state index in [1.807, 2.05) is 0 Å². The van der Waals surface area contributed by atoms with Gasteiger partial charge in [0.25, 0.3) is 0 Å². The number of sulfone groups is 1. The van der Waals surface area contributed by atoms with Crippen molar-refractivity contribution in [2.75, 3.05) is 17.3 Å². The van der Waals surface area contributed by atoms with Gasteiger partial charge in [0.2, 0.25) is 0 Å². The Balaban J connectivity index is 2.71. The van der Waals surface area contributed by atoms with E-state index in [2.05, 4.69) is 0 Å². The number of nitrogens with zero attached hydrogens (tertiary/aromatic N) is 1. The number of thioether (sulfide) groups is 1. The SMILES string of the molecule is N#CC(C1CCSCC1)S(=O)(=O)CCC(F)(F)F. The van der Waals surface area contributed by atoms with Crippen LogP contribution in [0.3, 0.4) is 0 Å². The summed E-state index contributed by atoms with van der Waals surface area (Å²) in [5, 5.41) is 7.64. The van der Waals surface area contributed by atoms with Gasteiger partial charge in [0.1, 0.15) is 0 Å². The van der Waals surface area contributed by atoms with Crippen molar-refractivity contribution in [3.63, 3.8) is 0 Å². The minimum absolute atomic E-state index is 0.325. The van der Waals surface area contributed by atoms with Crippen LogP contribution in [0.4, 0.5) is 13.2 Å². The van der Waals surface area contributed by atoms with Gasteiger partial charge >= 0.3 is 6.18 Å². The van der Waals surface area contributed by atoms with Gasteiger partial charge in [-0.1, -0.05) is 0 Å². The van der Waals surface area contributed by atoms with Crippen LogP contribution in [0.15, 0.2) is 0 Å². The van der Waals surface area contributed by atoms with E-state index in [4.69, 9.17) is 5.26 Å².